The number of hydrogen-bond donors (Lipinski definition) is 2. The molecule has 0 spiro atoms. The van der Waals surface area contributed by atoms with Crippen LogP contribution >= 0.6 is 7.60 Å². The molecule has 0 aliphatic carbocycles. The van der Waals surface area contributed by atoms with Crippen LogP contribution in [0.25, 0.3) is 0 Å². The quantitative estimate of drug-likeness (QED) is 0.217. The van der Waals surface area contributed by atoms with Crippen LogP contribution in [0.4, 0.5) is 4.39 Å². The topological polar surface area (TPSA) is 167 Å². The van der Waals surface area contributed by atoms with Gasteiger partial charge < -0.3 is 29.2 Å². The monoisotopic (exact) mass is 523 g/mol. The van der Waals surface area contributed by atoms with Crippen LogP contribution in [0.15, 0.2) is 40.1 Å². The van der Waals surface area contributed by atoms with Gasteiger partial charge in [0.05, 0.1) is 25.5 Å². The number of carbonyl (C=O) groups excluding carboxylic acids is 1. The van der Waals surface area contributed by atoms with Crippen molar-refractivity contribution >= 4 is 13.9 Å². The van der Waals surface area contributed by atoms with E-state index in [1.54, 1.807) is 6.29 Å². The first-order chi connectivity index (χ1) is 15.6. The van der Waals surface area contributed by atoms with E-state index in [2.05, 4.69) is 0 Å². The molecule has 1 aromatic carbocycles. The van der Waals surface area contributed by atoms with Crippen molar-refractivity contribution in [1.82, 2.24) is 9.55 Å². The van der Waals surface area contributed by atoms with Crippen LogP contribution in [0.5, 0.6) is 0 Å². The second kappa shape index (κ2) is 13.7. The Balaban J connectivity index is 0.00000306. The van der Waals surface area contributed by atoms with Gasteiger partial charge >= 0.3 is 42.8 Å². The summed E-state index contributed by atoms with van der Waals surface area (Å²) in [6.07, 6.45) is -1.08. The zero-order valence-electron chi connectivity index (χ0n) is 19.5. The number of nitrogens with zero attached hydrogens (tertiary/aromatic N) is 1. The molecular formula is C21H26FN2NaO9P-. The molecule has 188 valence electrons. The first-order valence-electron chi connectivity index (χ1n) is 10.3. The minimum absolute atomic E-state index is 0. The number of H-pyrrole nitrogens is 1. The predicted octanol–water partition coefficient (Wildman–Crippen LogP) is -1.37. The molecule has 1 fully saturated rings. The average Bonchev–Trinajstić information content (AvgIpc) is 3.14. The number of aryl methyl sites for hydroxylation is 1. The van der Waals surface area contributed by atoms with Crippen molar-refractivity contribution in [2.75, 3.05) is 12.8 Å². The molecule has 0 saturated carbocycles. The fraction of sp³-hybridized carbons (Fsp3) is 0.476. The molecule has 1 aliphatic rings. The van der Waals surface area contributed by atoms with E-state index in [9.17, 15) is 28.4 Å². The number of hydrogen-bond acceptors (Lipinski definition) is 9. The van der Waals surface area contributed by atoms with Crippen molar-refractivity contribution < 1.29 is 67.7 Å². The number of rotatable bonds is 10. The fourth-order valence-corrected chi connectivity index (χ4v) is 5.09. The smallest absolute Gasteiger partial charge is 0.870 e. The number of aliphatic hydroxyl groups excluding tert-OH is 1. The third-order valence-corrected chi connectivity index (χ3v) is 7.31. The van der Waals surface area contributed by atoms with Crippen LogP contribution in [0.1, 0.15) is 30.7 Å². The summed E-state index contributed by atoms with van der Waals surface area (Å²) >= 11 is 0. The zero-order valence-corrected chi connectivity index (χ0v) is 22.4. The van der Waals surface area contributed by atoms with Crippen molar-refractivity contribution in [2.24, 2.45) is 5.92 Å². The molecule has 14 heteroatoms. The fourth-order valence-electron chi connectivity index (χ4n) is 3.35. The first kappa shape index (κ1) is 31.6. The minimum atomic E-state index is -3.80. The van der Waals surface area contributed by atoms with Gasteiger partial charge in [-0.1, -0.05) is 31.2 Å². The maximum absolute atomic E-state index is 13.6. The summed E-state index contributed by atoms with van der Waals surface area (Å²) in [7, 11) is -3.80. The van der Waals surface area contributed by atoms with E-state index in [4.69, 9.17) is 13.8 Å². The second-order valence-electron chi connectivity index (χ2n) is 7.88. The number of halogens is 1. The number of benzene rings is 1. The van der Waals surface area contributed by atoms with E-state index in [1.807, 2.05) is 36.2 Å². The van der Waals surface area contributed by atoms with Crippen LogP contribution in [0, 0.1) is 18.7 Å². The van der Waals surface area contributed by atoms with Gasteiger partial charge in [0.25, 0.3) is 5.56 Å². The van der Waals surface area contributed by atoms with E-state index < -0.39 is 49.0 Å². The third-order valence-electron chi connectivity index (χ3n) is 5.25. The van der Waals surface area contributed by atoms with E-state index in [0.717, 1.165) is 15.7 Å². The number of ether oxygens (including phenoxy) is 1. The second-order valence-corrected chi connectivity index (χ2v) is 9.99. The number of aromatic nitrogens is 2. The minimum Gasteiger partial charge on any atom is -0.870 e. The average molecular weight is 523 g/mol. The van der Waals surface area contributed by atoms with Crippen LogP contribution in [-0.2, 0) is 29.8 Å². The Morgan fingerprint density at radius 3 is 2.69 bits per heavy atom. The molecule has 5 atom stereocenters. The Morgan fingerprint density at radius 1 is 1.34 bits per heavy atom. The molecule has 0 bridgehead atoms. The molecule has 0 amide bonds. The molecule has 1 saturated heterocycles. The summed E-state index contributed by atoms with van der Waals surface area (Å²) in [6, 6.07) is 7.35. The predicted molar refractivity (Wildman–Crippen MR) is 117 cm³/mol. The van der Waals surface area contributed by atoms with Crippen LogP contribution < -0.4 is 40.8 Å². The van der Waals surface area contributed by atoms with Crippen molar-refractivity contribution in [2.45, 2.75) is 45.3 Å². The van der Waals surface area contributed by atoms with E-state index in [0.29, 0.717) is 6.20 Å². The molecule has 2 aromatic rings. The molecule has 0 radical (unpaired) electrons. The molecule has 3 N–H and O–H groups in total. The SMILES string of the molecule is Cc1ccccc1CO[P@](=O)(C[C@H](C)[C-]=O)OCC1OC(n2cc(F)c(=O)[nH]c2=O)CC1O.[Na+].[OH-]. The summed E-state index contributed by atoms with van der Waals surface area (Å²) in [5.41, 5.74) is -0.346. The molecule has 1 aromatic heterocycles. The van der Waals surface area contributed by atoms with Crippen LogP contribution in [0.3, 0.4) is 0 Å². The van der Waals surface area contributed by atoms with Crippen molar-refractivity contribution in [1.29, 1.82) is 0 Å². The summed E-state index contributed by atoms with van der Waals surface area (Å²) in [5.74, 6) is -1.90. The standard InChI is InChI=1S/C21H25FN2O8P.Na.H2O/c1-13(9-25)12-33(29,30-10-15-6-4-3-5-14(15)2)31-11-18-17(26)7-19(32-18)24-8-16(22)20(27)23-21(24)28;;/h3-6,8,13,17-19,26H,7,10-12H2,1-2H3,(H,23,27,28);;1H2/q-1;+1;/p-1/t13-,17?,18?,19?,33-;;/m1../s1. The number of aliphatic hydroxyl groups is 1. The molecule has 1 aliphatic heterocycles. The van der Waals surface area contributed by atoms with E-state index in [-0.39, 0.29) is 60.8 Å². The van der Waals surface area contributed by atoms with Crippen molar-refractivity contribution in [3.8, 4) is 0 Å². The van der Waals surface area contributed by atoms with Gasteiger partial charge in [0.1, 0.15) is 12.3 Å². The Labute approximate surface area is 222 Å². The van der Waals surface area contributed by atoms with Gasteiger partial charge in [-0.05, 0) is 18.1 Å². The van der Waals surface area contributed by atoms with Gasteiger partial charge in [-0.25, -0.2) is 4.79 Å². The molecular weight excluding hydrogens is 497 g/mol. The molecule has 35 heavy (non-hydrogen) atoms. The number of aromatic amines is 1. The summed E-state index contributed by atoms with van der Waals surface area (Å²) in [6.45, 7) is 3.01. The first-order valence-corrected chi connectivity index (χ1v) is 12.0. The Bertz CT molecular complexity index is 1160. The van der Waals surface area contributed by atoms with Gasteiger partial charge in [0, 0.05) is 12.6 Å². The van der Waals surface area contributed by atoms with Crippen LogP contribution in [0.2, 0.25) is 0 Å². The van der Waals surface area contributed by atoms with Gasteiger partial charge in [-0.2, -0.15) is 4.39 Å². The zero-order chi connectivity index (χ0) is 24.2. The Hall–Kier alpha value is -1.47. The normalized spacial score (nSPS) is 21.9. The van der Waals surface area contributed by atoms with Crippen molar-refractivity contribution in [3.05, 3.63) is 68.2 Å². The maximum Gasteiger partial charge on any atom is 1.00 e. The summed E-state index contributed by atoms with van der Waals surface area (Å²) in [4.78, 5) is 36.0. The Morgan fingerprint density at radius 2 is 2.03 bits per heavy atom. The molecule has 3 rings (SSSR count). The summed E-state index contributed by atoms with van der Waals surface area (Å²) < 4.78 is 44.4. The van der Waals surface area contributed by atoms with Gasteiger partial charge in [-0.3, -0.25) is 25.2 Å². The van der Waals surface area contributed by atoms with Gasteiger partial charge in [0.2, 0.25) is 5.82 Å². The molecule has 11 nitrogen and oxygen atoms in total. The van der Waals surface area contributed by atoms with Gasteiger partial charge in [-0.15, -0.1) is 5.92 Å². The third kappa shape index (κ3) is 8.28. The molecule has 2 heterocycles. The van der Waals surface area contributed by atoms with E-state index >= 15 is 0 Å². The molecule has 3 unspecified atom stereocenters. The van der Waals surface area contributed by atoms with Crippen LogP contribution in [-0.4, -0.2) is 51.4 Å². The van der Waals surface area contributed by atoms with E-state index in [1.165, 1.54) is 6.92 Å². The van der Waals surface area contributed by atoms with Gasteiger partial charge in [0.15, 0.2) is 0 Å². The number of nitrogens with one attached hydrogen (secondary N) is 1. The summed E-state index contributed by atoms with van der Waals surface area (Å²) in [5, 5.41) is 10.3. The Kier molecular flexibility index (Phi) is 12.4. The maximum atomic E-state index is 13.6. The largest absolute Gasteiger partial charge is 1.00 e. The van der Waals surface area contributed by atoms with Crippen molar-refractivity contribution in [3.63, 3.8) is 0 Å².